The van der Waals surface area contributed by atoms with E-state index in [1.54, 1.807) is 0 Å². The second-order valence-corrected chi connectivity index (χ2v) is 4.88. The van der Waals surface area contributed by atoms with E-state index in [0.717, 1.165) is 12.5 Å². The number of rotatable bonds is 3. The van der Waals surface area contributed by atoms with Gasteiger partial charge in [0.05, 0.1) is 0 Å². The molecule has 0 saturated carbocycles. The van der Waals surface area contributed by atoms with Crippen LogP contribution in [0.2, 0.25) is 0 Å². The molecule has 1 aromatic rings. The fourth-order valence-corrected chi connectivity index (χ4v) is 2.65. The van der Waals surface area contributed by atoms with Gasteiger partial charge in [-0.25, -0.2) is 0 Å². The fourth-order valence-electron chi connectivity index (χ4n) is 2.65. The third-order valence-electron chi connectivity index (χ3n) is 3.61. The summed E-state index contributed by atoms with van der Waals surface area (Å²) in [7, 11) is 2.08. The van der Waals surface area contributed by atoms with Crippen molar-refractivity contribution in [3.05, 3.63) is 35.9 Å². The van der Waals surface area contributed by atoms with Crippen LogP contribution in [-0.4, -0.2) is 31.1 Å². The van der Waals surface area contributed by atoms with Gasteiger partial charge in [-0.15, -0.1) is 0 Å². The monoisotopic (exact) mass is 218 g/mol. The molecule has 0 unspecified atom stereocenters. The first kappa shape index (κ1) is 11.6. The first-order valence-corrected chi connectivity index (χ1v) is 6.23. The molecule has 0 aromatic heterocycles. The largest absolute Gasteiger partial charge is 0.317 e. The van der Waals surface area contributed by atoms with E-state index in [-0.39, 0.29) is 0 Å². The highest BCUT2D eigenvalue weighted by Crippen LogP contribution is 2.18. The lowest BCUT2D eigenvalue weighted by molar-refractivity contribution is 0.145. The van der Waals surface area contributed by atoms with E-state index >= 15 is 0 Å². The van der Waals surface area contributed by atoms with Crippen LogP contribution in [0, 0.1) is 5.92 Å². The Morgan fingerprint density at radius 2 is 2.06 bits per heavy atom. The van der Waals surface area contributed by atoms with E-state index in [4.69, 9.17) is 0 Å². The Hall–Kier alpha value is -0.860. The first-order chi connectivity index (χ1) is 7.79. The number of hydrogen-bond acceptors (Lipinski definition) is 2. The average Bonchev–Trinajstić information content (AvgIpc) is 2.31. The van der Waals surface area contributed by atoms with Gasteiger partial charge in [0.25, 0.3) is 0 Å². The third-order valence-corrected chi connectivity index (χ3v) is 3.61. The average molecular weight is 218 g/mol. The molecule has 0 spiro atoms. The molecule has 2 rings (SSSR count). The van der Waals surface area contributed by atoms with Crippen molar-refractivity contribution in [1.29, 1.82) is 0 Å². The van der Waals surface area contributed by atoms with E-state index in [1.165, 1.54) is 25.1 Å². The topological polar surface area (TPSA) is 15.3 Å². The van der Waals surface area contributed by atoms with Gasteiger partial charge >= 0.3 is 0 Å². The van der Waals surface area contributed by atoms with Crippen molar-refractivity contribution >= 4 is 0 Å². The van der Waals surface area contributed by atoms with Crippen LogP contribution < -0.4 is 5.32 Å². The second kappa shape index (κ2) is 5.46. The minimum atomic E-state index is 0.701. The zero-order valence-electron chi connectivity index (χ0n) is 10.3. The highest BCUT2D eigenvalue weighted by Gasteiger charge is 2.24. The summed E-state index contributed by atoms with van der Waals surface area (Å²) in [6.45, 7) is 5.87. The normalized spacial score (nSPS) is 26.9. The van der Waals surface area contributed by atoms with E-state index in [1.807, 2.05) is 0 Å². The number of nitrogens with zero attached hydrogens (tertiary/aromatic N) is 1. The smallest absolute Gasteiger partial charge is 0.0233 e. The van der Waals surface area contributed by atoms with Crippen molar-refractivity contribution in [3.8, 4) is 0 Å². The molecule has 88 valence electrons. The zero-order valence-corrected chi connectivity index (χ0v) is 10.3. The quantitative estimate of drug-likeness (QED) is 0.836. The molecule has 0 amide bonds. The molecule has 1 aromatic carbocycles. The van der Waals surface area contributed by atoms with Crippen LogP contribution in [0.4, 0.5) is 0 Å². The fraction of sp³-hybridized carbons (Fsp3) is 0.571. The Morgan fingerprint density at radius 3 is 2.69 bits per heavy atom. The Bertz CT molecular complexity index is 310. The number of hydrogen-bond donors (Lipinski definition) is 1. The van der Waals surface area contributed by atoms with Crippen molar-refractivity contribution in [2.24, 2.45) is 5.92 Å². The molecule has 0 bridgehead atoms. The van der Waals surface area contributed by atoms with Crippen LogP contribution in [0.25, 0.3) is 0 Å². The highest BCUT2D eigenvalue weighted by atomic mass is 15.1. The SMILES string of the molecule is CN[C@@H]1CCN(Cc2ccccc2)C[C@@H]1C. The Labute approximate surface area is 98.7 Å². The minimum Gasteiger partial charge on any atom is -0.317 e. The number of likely N-dealkylation sites (tertiary alicyclic amines) is 1. The summed E-state index contributed by atoms with van der Waals surface area (Å²) in [6.07, 6.45) is 1.27. The van der Waals surface area contributed by atoms with Crippen LogP contribution in [0.15, 0.2) is 30.3 Å². The van der Waals surface area contributed by atoms with Gasteiger partial charge in [-0.2, -0.15) is 0 Å². The van der Waals surface area contributed by atoms with Gasteiger partial charge in [-0.3, -0.25) is 4.90 Å². The van der Waals surface area contributed by atoms with Gasteiger partial charge in [0.2, 0.25) is 0 Å². The van der Waals surface area contributed by atoms with Gasteiger partial charge in [0.15, 0.2) is 0 Å². The molecular weight excluding hydrogens is 196 g/mol. The van der Waals surface area contributed by atoms with Crippen LogP contribution in [0.1, 0.15) is 18.9 Å². The van der Waals surface area contributed by atoms with Crippen LogP contribution in [0.3, 0.4) is 0 Å². The predicted molar refractivity (Wildman–Crippen MR) is 68.3 cm³/mol. The lowest BCUT2D eigenvalue weighted by Crippen LogP contribution is -2.46. The van der Waals surface area contributed by atoms with Crippen molar-refractivity contribution in [3.63, 3.8) is 0 Å². The summed E-state index contributed by atoms with van der Waals surface area (Å²) >= 11 is 0. The molecule has 0 aliphatic carbocycles. The summed E-state index contributed by atoms with van der Waals surface area (Å²) in [5, 5.41) is 3.41. The van der Waals surface area contributed by atoms with Crippen molar-refractivity contribution in [2.45, 2.75) is 25.9 Å². The summed E-state index contributed by atoms with van der Waals surface area (Å²) in [5.74, 6) is 0.752. The zero-order chi connectivity index (χ0) is 11.4. The van der Waals surface area contributed by atoms with Crippen LogP contribution in [0.5, 0.6) is 0 Å². The lowest BCUT2D eigenvalue weighted by atomic mass is 9.94. The van der Waals surface area contributed by atoms with Crippen molar-refractivity contribution in [1.82, 2.24) is 10.2 Å². The molecule has 1 heterocycles. The number of nitrogens with one attached hydrogen (secondary N) is 1. The maximum atomic E-state index is 3.41. The predicted octanol–water partition coefficient (Wildman–Crippen LogP) is 2.12. The molecule has 2 heteroatoms. The van der Waals surface area contributed by atoms with E-state index < -0.39 is 0 Å². The minimum absolute atomic E-state index is 0.701. The van der Waals surface area contributed by atoms with E-state index in [9.17, 15) is 0 Å². The highest BCUT2D eigenvalue weighted by molar-refractivity contribution is 5.14. The molecule has 16 heavy (non-hydrogen) atoms. The summed E-state index contributed by atoms with van der Waals surface area (Å²) in [4.78, 5) is 2.56. The molecule has 0 radical (unpaired) electrons. The summed E-state index contributed by atoms with van der Waals surface area (Å²) in [6, 6.07) is 11.5. The molecule has 1 N–H and O–H groups in total. The molecular formula is C14H22N2. The first-order valence-electron chi connectivity index (χ1n) is 6.23. The Morgan fingerprint density at radius 1 is 1.31 bits per heavy atom. The van der Waals surface area contributed by atoms with E-state index in [2.05, 4.69) is 54.5 Å². The number of benzene rings is 1. The molecule has 1 fully saturated rings. The molecule has 1 aliphatic heterocycles. The van der Waals surface area contributed by atoms with Crippen LogP contribution in [-0.2, 0) is 6.54 Å². The maximum Gasteiger partial charge on any atom is 0.0233 e. The van der Waals surface area contributed by atoms with Gasteiger partial charge in [0, 0.05) is 19.1 Å². The Kier molecular flexibility index (Phi) is 3.97. The van der Waals surface area contributed by atoms with Gasteiger partial charge in [-0.05, 0) is 31.5 Å². The standard InChI is InChI=1S/C14H22N2/c1-12-10-16(9-8-14(12)15-2)11-13-6-4-3-5-7-13/h3-7,12,14-15H,8-11H2,1-2H3/t12-,14+/m0/s1. The molecule has 1 aliphatic rings. The lowest BCUT2D eigenvalue weighted by Gasteiger charge is -2.36. The van der Waals surface area contributed by atoms with Crippen molar-refractivity contribution < 1.29 is 0 Å². The molecule has 2 nitrogen and oxygen atoms in total. The number of piperidine rings is 1. The van der Waals surface area contributed by atoms with Crippen molar-refractivity contribution in [2.75, 3.05) is 20.1 Å². The van der Waals surface area contributed by atoms with Gasteiger partial charge in [-0.1, -0.05) is 37.3 Å². The third kappa shape index (κ3) is 2.83. The summed E-state index contributed by atoms with van der Waals surface area (Å²) in [5.41, 5.74) is 1.43. The second-order valence-electron chi connectivity index (χ2n) is 4.88. The van der Waals surface area contributed by atoms with Crippen LogP contribution >= 0.6 is 0 Å². The molecule has 1 saturated heterocycles. The van der Waals surface area contributed by atoms with Gasteiger partial charge < -0.3 is 5.32 Å². The van der Waals surface area contributed by atoms with E-state index in [0.29, 0.717) is 6.04 Å². The van der Waals surface area contributed by atoms with Gasteiger partial charge in [0.1, 0.15) is 0 Å². The molecule has 2 atom stereocenters. The summed E-state index contributed by atoms with van der Waals surface area (Å²) < 4.78 is 0. The Balaban J connectivity index is 1.89. The maximum absolute atomic E-state index is 3.41.